The van der Waals surface area contributed by atoms with Crippen molar-refractivity contribution in [2.24, 2.45) is 5.10 Å². The molecule has 2 heterocycles. The number of halogens is 2. The highest BCUT2D eigenvalue weighted by molar-refractivity contribution is 6.32. The maximum Gasteiger partial charge on any atom is 0.271 e. The summed E-state index contributed by atoms with van der Waals surface area (Å²) >= 11 is 12.3. The molecule has 0 saturated carbocycles. The molecule has 26 heavy (non-hydrogen) atoms. The summed E-state index contributed by atoms with van der Waals surface area (Å²) in [4.78, 5) is 15.8. The molecule has 8 heteroatoms. The Hall–Kier alpha value is -2.70. The van der Waals surface area contributed by atoms with Crippen LogP contribution in [0.5, 0.6) is 0 Å². The first-order valence-corrected chi connectivity index (χ1v) is 8.51. The van der Waals surface area contributed by atoms with E-state index in [1.54, 1.807) is 29.2 Å². The van der Waals surface area contributed by atoms with E-state index in [-0.39, 0.29) is 5.91 Å². The fourth-order valence-electron chi connectivity index (χ4n) is 2.30. The lowest BCUT2D eigenvalue weighted by molar-refractivity contribution is 0.0955. The standard InChI is InChI=1S/C18H15Cl2N5O/c1-12-16(10-22-23-18(26)14-6-8-21-9-7-14)17(20)25(24-12)11-13-2-4-15(19)5-3-13/h2-10H,11H2,1H3,(H,23,26)/b22-10-. The van der Waals surface area contributed by atoms with Crippen molar-refractivity contribution in [3.63, 3.8) is 0 Å². The van der Waals surface area contributed by atoms with Crippen molar-refractivity contribution in [3.8, 4) is 0 Å². The molecule has 3 rings (SSSR count). The zero-order valence-electron chi connectivity index (χ0n) is 13.9. The molecule has 132 valence electrons. The highest BCUT2D eigenvalue weighted by Gasteiger charge is 2.12. The summed E-state index contributed by atoms with van der Waals surface area (Å²) in [6, 6.07) is 10.7. The maximum absolute atomic E-state index is 12.0. The molecule has 6 nitrogen and oxygen atoms in total. The second kappa shape index (κ2) is 8.12. The molecule has 0 spiro atoms. The van der Waals surface area contributed by atoms with Gasteiger partial charge in [0.15, 0.2) is 0 Å². The number of amides is 1. The van der Waals surface area contributed by atoms with E-state index in [1.807, 2.05) is 31.2 Å². The van der Waals surface area contributed by atoms with Gasteiger partial charge in [0.25, 0.3) is 5.91 Å². The Morgan fingerprint density at radius 2 is 1.88 bits per heavy atom. The number of carbonyl (C=O) groups excluding carboxylic acids is 1. The zero-order valence-corrected chi connectivity index (χ0v) is 15.4. The van der Waals surface area contributed by atoms with E-state index in [1.165, 1.54) is 6.21 Å². The molecule has 0 radical (unpaired) electrons. The van der Waals surface area contributed by atoms with Crippen LogP contribution < -0.4 is 5.43 Å². The van der Waals surface area contributed by atoms with Gasteiger partial charge in [0.05, 0.1) is 24.0 Å². The van der Waals surface area contributed by atoms with E-state index < -0.39 is 0 Å². The van der Waals surface area contributed by atoms with Gasteiger partial charge in [0.1, 0.15) is 5.15 Å². The number of pyridine rings is 1. The average Bonchev–Trinajstić information content (AvgIpc) is 2.91. The van der Waals surface area contributed by atoms with Crippen LogP contribution in [0.15, 0.2) is 53.9 Å². The molecule has 0 saturated heterocycles. The molecule has 2 aromatic heterocycles. The number of benzene rings is 1. The smallest absolute Gasteiger partial charge is 0.267 e. The zero-order chi connectivity index (χ0) is 18.5. The molecule has 3 aromatic rings. The predicted molar refractivity (Wildman–Crippen MR) is 102 cm³/mol. The number of aryl methyl sites for hydroxylation is 1. The summed E-state index contributed by atoms with van der Waals surface area (Å²) < 4.78 is 1.67. The molecule has 1 N–H and O–H groups in total. The number of hydrogen-bond acceptors (Lipinski definition) is 4. The van der Waals surface area contributed by atoms with Crippen LogP contribution in [0.4, 0.5) is 0 Å². The molecule has 0 aliphatic heterocycles. The third-order valence-electron chi connectivity index (χ3n) is 3.66. The Kier molecular flexibility index (Phi) is 5.65. The van der Waals surface area contributed by atoms with Crippen molar-refractivity contribution in [2.45, 2.75) is 13.5 Å². The molecule has 0 unspecified atom stereocenters. The average molecular weight is 388 g/mol. The van der Waals surface area contributed by atoms with Crippen molar-refractivity contribution in [1.82, 2.24) is 20.2 Å². The summed E-state index contributed by atoms with van der Waals surface area (Å²) in [5, 5.41) is 9.51. The number of aromatic nitrogens is 3. The second-order valence-corrected chi connectivity index (χ2v) is 6.30. The molecule has 0 atom stereocenters. The number of nitrogens with zero attached hydrogens (tertiary/aromatic N) is 4. The minimum atomic E-state index is -0.328. The summed E-state index contributed by atoms with van der Waals surface area (Å²) in [6.45, 7) is 2.34. The monoisotopic (exact) mass is 387 g/mol. The van der Waals surface area contributed by atoms with Gasteiger partial charge in [0, 0.05) is 23.0 Å². The highest BCUT2D eigenvalue weighted by atomic mass is 35.5. The fourth-order valence-corrected chi connectivity index (χ4v) is 2.71. The van der Waals surface area contributed by atoms with Crippen molar-refractivity contribution in [1.29, 1.82) is 0 Å². The Morgan fingerprint density at radius 1 is 1.19 bits per heavy atom. The normalized spacial score (nSPS) is 11.0. The quantitative estimate of drug-likeness (QED) is 0.535. The maximum atomic E-state index is 12.0. The Balaban J connectivity index is 1.71. The number of nitrogens with one attached hydrogen (secondary N) is 1. The van der Waals surface area contributed by atoms with Gasteiger partial charge >= 0.3 is 0 Å². The van der Waals surface area contributed by atoms with Gasteiger partial charge in [-0.15, -0.1) is 0 Å². The molecule has 0 bridgehead atoms. The van der Waals surface area contributed by atoms with Crippen molar-refractivity contribution in [2.75, 3.05) is 0 Å². The Bertz CT molecular complexity index is 936. The van der Waals surface area contributed by atoms with Gasteiger partial charge in [0.2, 0.25) is 0 Å². The van der Waals surface area contributed by atoms with E-state index in [2.05, 4.69) is 20.6 Å². The third-order valence-corrected chi connectivity index (χ3v) is 4.31. The van der Waals surface area contributed by atoms with Gasteiger partial charge in [-0.3, -0.25) is 9.78 Å². The predicted octanol–water partition coefficient (Wildman–Crippen LogP) is 3.71. The van der Waals surface area contributed by atoms with Gasteiger partial charge in [-0.05, 0) is 36.8 Å². The summed E-state index contributed by atoms with van der Waals surface area (Å²) in [5.74, 6) is -0.328. The first-order chi connectivity index (χ1) is 12.5. The molecule has 0 aliphatic rings. The molecular weight excluding hydrogens is 373 g/mol. The van der Waals surface area contributed by atoms with Gasteiger partial charge in [-0.2, -0.15) is 10.2 Å². The molecular formula is C18H15Cl2N5O. The van der Waals surface area contributed by atoms with Crippen LogP contribution in [0, 0.1) is 6.92 Å². The van der Waals surface area contributed by atoms with E-state index in [0.29, 0.717) is 33.5 Å². The first kappa shape index (κ1) is 18.1. The lowest BCUT2D eigenvalue weighted by Crippen LogP contribution is -2.17. The molecule has 0 aliphatic carbocycles. The van der Waals surface area contributed by atoms with E-state index in [9.17, 15) is 4.79 Å². The molecule has 0 fully saturated rings. The van der Waals surface area contributed by atoms with Crippen LogP contribution in [0.1, 0.15) is 27.2 Å². The third kappa shape index (κ3) is 4.28. The molecule has 1 aromatic carbocycles. The van der Waals surface area contributed by atoms with Crippen molar-refractivity contribution in [3.05, 3.63) is 81.4 Å². The van der Waals surface area contributed by atoms with Crippen LogP contribution in [0.3, 0.4) is 0 Å². The van der Waals surface area contributed by atoms with E-state index in [0.717, 1.165) is 5.56 Å². The van der Waals surface area contributed by atoms with Gasteiger partial charge in [-0.1, -0.05) is 35.3 Å². The van der Waals surface area contributed by atoms with Crippen molar-refractivity contribution >= 4 is 35.3 Å². The summed E-state index contributed by atoms with van der Waals surface area (Å²) in [5.41, 5.74) is 5.31. The lowest BCUT2D eigenvalue weighted by Gasteiger charge is -2.03. The summed E-state index contributed by atoms with van der Waals surface area (Å²) in [6.07, 6.45) is 4.57. The van der Waals surface area contributed by atoms with Gasteiger partial charge in [-0.25, -0.2) is 10.1 Å². The van der Waals surface area contributed by atoms with Crippen LogP contribution in [0.2, 0.25) is 10.2 Å². The van der Waals surface area contributed by atoms with Crippen LogP contribution in [-0.4, -0.2) is 26.9 Å². The van der Waals surface area contributed by atoms with Crippen LogP contribution >= 0.6 is 23.2 Å². The van der Waals surface area contributed by atoms with E-state index in [4.69, 9.17) is 23.2 Å². The number of carbonyl (C=O) groups is 1. The Morgan fingerprint density at radius 3 is 2.58 bits per heavy atom. The topological polar surface area (TPSA) is 72.2 Å². The minimum absolute atomic E-state index is 0.328. The SMILES string of the molecule is Cc1nn(Cc2ccc(Cl)cc2)c(Cl)c1/C=N\NC(=O)c1ccncc1. The van der Waals surface area contributed by atoms with Crippen LogP contribution in [-0.2, 0) is 6.54 Å². The lowest BCUT2D eigenvalue weighted by atomic mass is 10.2. The number of hydrazone groups is 1. The first-order valence-electron chi connectivity index (χ1n) is 7.75. The molecule has 1 amide bonds. The second-order valence-electron chi connectivity index (χ2n) is 5.51. The van der Waals surface area contributed by atoms with E-state index >= 15 is 0 Å². The highest BCUT2D eigenvalue weighted by Crippen LogP contribution is 2.20. The van der Waals surface area contributed by atoms with Crippen molar-refractivity contribution < 1.29 is 4.79 Å². The largest absolute Gasteiger partial charge is 0.271 e. The number of hydrogen-bond donors (Lipinski definition) is 1. The Labute approximate surface area is 160 Å². The van der Waals surface area contributed by atoms with Gasteiger partial charge < -0.3 is 0 Å². The minimum Gasteiger partial charge on any atom is -0.267 e. The summed E-state index contributed by atoms with van der Waals surface area (Å²) in [7, 11) is 0. The fraction of sp³-hybridized carbons (Fsp3) is 0.111. The number of rotatable bonds is 5. The van der Waals surface area contributed by atoms with Crippen LogP contribution in [0.25, 0.3) is 0 Å².